The Balaban J connectivity index is 1.91. The van der Waals surface area contributed by atoms with E-state index in [1.54, 1.807) is 0 Å². The predicted molar refractivity (Wildman–Crippen MR) is 239 cm³/mol. The number of para-hydroxylation sites is 1. The van der Waals surface area contributed by atoms with Crippen molar-refractivity contribution >= 4 is 45.9 Å². The number of fused-ring (bicyclic) bond motifs is 1. The van der Waals surface area contributed by atoms with Crippen LogP contribution in [-0.4, -0.2) is 113 Å². The molecule has 0 spiro atoms. The molecule has 0 fully saturated rings. The maximum absolute atomic E-state index is 14.5. The highest BCUT2D eigenvalue weighted by atomic mass is 16.3. The molecule has 0 aliphatic carbocycles. The predicted octanol–water partition coefficient (Wildman–Crippen LogP) is 1.11. The van der Waals surface area contributed by atoms with Gasteiger partial charge in [-0.05, 0) is 108 Å². The number of hydrogen-bond donors (Lipinski definition) is 10. The second kappa shape index (κ2) is 27.4. The normalized spacial score (nSPS) is 15.4. The van der Waals surface area contributed by atoms with Crippen LogP contribution in [0.3, 0.4) is 0 Å². The molecule has 0 aliphatic rings. The molecule has 62 heavy (non-hydrogen) atoms. The van der Waals surface area contributed by atoms with Gasteiger partial charge in [-0.1, -0.05) is 48.5 Å². The van der Waals surface area contributed by atoms with Gasteiger partial charge in [0.15, 0.2) is 23.1 Å². The molecule has 0 saturated carbocycles. The average molecular weight is 863 g/mol. The van der Waals surface area contributed by atoms with E-state index in [4.69, 9.17) is 22.9 Å². The number of H-pyrrole nitrogens is 1. The molecule has 1 aromatic heterocycles. The second-order valence-corrected chi connectivity index (χ2v) is 16.4. The second-order valence-electron chi connectivity index (χ2n) is 16.4. The largest absolute Gasteiger partial charge is 0.396 e. The van der Waals surface area contributed by atoms with Crippen LogP contribution in [0.2, 0.25) is 0 Å². The summed E-state index contributed by atoms with van der Waals surface area (Å²) in [6.45, 7) is 2.98. The molecule has 1 heterocycles. The molecular formula is C46H70N8O8. The molecule has 3 rings (SSSR count). The Bertz CT molecular complexity index is 1870. The highest BCUT2D eigenvalue weighted by Crippen LogP contribution is 2.25. The van der Waals surface area contributed by atoms with E-state index in [-0.39, 0.29) is 55.5 Å². The van der Waals surface area contributed by atoms with Gasteiger partial charge in [0, 0.05) is 48.3 Å². The number of aromatic nitrogens is 1. The highest BCUT2D eigenvalue weighted by molar-refractivity contribution is 5.94. The van der Waals surface area contributed by atoms with E-state index in [2.05, 4.69) is 20.9 Å². The van der Waals surface area contributed by atoms with Gasteiger partial charge in [0.1, 0.15) is 0 Å². The number of aromatic amines is 1. The molecule has 0 radical (unpaired) electrons. The van der Waals surface area contributed by atoms with Crippen LogP contribution in [0.5, 0.6) is 0 Å². The summed E-state index contributed by atoms with van der Waals surface area (Å²) in [7, 11) is 0. The molecule has 1 unspecified atom stereocenters. The van der Waals surface area contributed by atoms with E-state index in [1.165, 1.54) is 6.92 Å². The Hall–Kier alpha value is -4.68. The van der Waals surface area contributed by atoms with Gasteiger partial charge < -0.3 is 54.1 Å². The number of carbonyl (C=O) groups is 6. The number of nitrogens with two attached hydrogens (primary N) is 4. The molecule has 0 bridgehead atoms. The Morgan fingerprint density at radius 2 is 1.21 bits per heavy atom. The minimum absolute atomic E-state index is 0.00465. The molecule has 14 N–H and O–H groups in total. The molecule has 0 saturated heterocycles. The van der Waals surface area contributed by atoms with Gasteiger partial charge >= 0.3 is 0 Å². The van der Waals surface area contributed by atoms with Gasteiger partial charge in [-0.15, -0.1) is 0 Å². The minimum Gasteiger partial charge on any atom is -0.396 e. The molecular weight excluding hydrogens is 793 g/mol. The topological polar surface area (TPSA) is 299 Å². The van der Waals surface area contributed by atoms with Crippen LogP contribution >= 0.6 is 0 Å². The summed E-state index contributed by atoms with van der Waals surface area (Å²) in [5.41, 5.74) is 25.8. The molecule has 16 heteroatoms. The van der Waals surface area contributed by atoms with Gasteiger partial charge in [-0.25, -0.2) is 0 Å². The summed E-state index contributed by atoms with van der Waals surface area (Å²) in [4.78, 5) is 84.3. The Morgan fingerprint density at radius 1 is 0.661 bits per heavy atom. The van der Waals surface area contributed by atoms with Crippen molar-refractivity contribution in [2.24, 2.45) is 40.7 Å². The van der Waals surface area contributed by atoms with E-state index < -0.39 is 79.3 Å². The Morgan fingerprint density at radius 3 is 1.82 bits per heavy atom. The fourth-order valence-corrected chi connectivity index (χ4v) is 7.71. The summed E-state index contributed by atoms with van der Waals surface area (Å²) < 4.78 is 0. The number of ketones is 4. The van der Waals surface area contributed by atoms with Gasteiger partial charge in [-0.3, -0.25) is 28.8 Å². The SMILES string of the molecule is CC(=O)[C@H](CCCN)NC(=O)[C@@H](CC(=O)[C@H](CCCN)NC(C)[C@@H](CC(=O)[C@H](CCCN)NC(=O)[C@H](CO)CC(=O)[C@@H](N)CO)Cc1ccccc1)Cc1c[nH]c2ccccc12. The maximum atomic E-state index is 14.5. The molecule has 342 valence electrons. The number of amides is 2. The van der Waals surface area contributed by atoms with Gasteiger partial charge in [-0.2, -0.15) is 0 Å². The number of benzene rings is 2. The van der Waals surface area contributed by atoms with Crippen LogP contribution in [0.25, 0.3) is 10.9 Å². The van der Waals surface area contributed by atoms with Crippen molar-refractivity contribution in [2.45, 2.75) is 115 Å². The van der Waals surface area contributed by atoms with Crippen molar-refractivity contribution in [3.05, 3.63) is 71.9 Å². The van der Waals surface area contributed by atoms with Crippen LogP contribution in [0.15, 0.2) is 60.8 Å². The van der Waals surface area contributed by atoms with Crippen molar-refractivity contribution in [3.8, 4) is 0 Å². The number of rotatable bonds is 32. The first-order chi connectivity index (χ1) is 29.8. The van der Waals surface area contributed by atoms with Crippen LogP contribution in [0, 0.1) is 17.8 Å². The number of aliphatic hydroxyl groups is 2. The molecule has 16 nitrogen and oxygen atoms in total. The lowest BCUT2D eigenvalue weighted by molar-refractivity contribution is -0.134. The third-order valence-corrected chi connectivity index (χ3v) is 11.6. The molecule has 0 aliphatic heterocycles. The fraction of sp³-hybridized carbons (Fsp3) is 0.565. The van der Waals surface area contributed by atoms with Crippen LogP contribution in [0.4, 0.5) is 0 Å². The Kier molecular flexibility index (Phi) is 22.8. The number of Topliss-reactive ketones (excluding diaryl/α,β-unsaturated/α-hetero) is 4. The fourth-order valence-electron chi connectivity index (χ4n) is 7.71. The molecule has 3 aromatic rings. The highest BCUT2D eigenvalue weighted by Gasteiger charge is 2.34. The number of hydrogen-bond acceptors (Lipinski definition) is 13. The van der Waals surface area contributed by atoms with Crippen molar-refractivity contribution in [1.82, 2.24) is 20.9 Å². The standard InChI is InChI=1S/C46H70N8O8/c1-29(32(21-31-11-4-3-5-12-31)23-43(59)41(17-10-20-49)54-46(62)35(27-55)25-42(58)37(50)28-56)52-40(16-9-19-48)44(60)24-33(45(61)53-38(30(2)57)15-8-18-47)22-34-26-51-39-14-7-6-13-36(34)39/h3-7,11-14,26,29,32-33,35,37-38,40-41,51-52,55-56H,8-10,15-25,27-28,47-50H2,1-2H3,(H,53,61)(H,54,62)/t29?,32-,33-,35+,37+,38+,40+,41+/m1/s1. The lowest BCUT2D eigenvalue weighted by Gasteiger charge is -2.31. The first-order valence-electron chi connectivity index (χ1n) is 21.9. The van der Waals surface area contributed by atoms with E-state index in [0.717, 1.165) is 22.0 Å². The molecule has 8 atom stereocenters. The van der Waals surface area contributed by atoms with Crippen molar-refractivity contribution in [2.75, 3.05) is 32.8 Å². The van der Waals surface area contributed by atoms with Crippen LogP contribution in [0.1, 0.15) is 82.8 Å². The van der Waals surface area contributed by atoms with E-state index in [1.807, 2.05) is 67.7 Å². The van der Waals surface area contributed by atoms with Gasteiger partial charge in [0.05, 0.1) is 43.3 Å². The zero-order valence-corrected chi connectivity index (χ0v) is 36.4. The first-order valence-corrected chi connectivity index (χ1v) is 21.9. The number of nitrogens with one attached hydrogen (secondary N) is 4. The van der Waals surface area contributed by atoms with Crippen molar-refractivity contribution in [1.29, 1.82) is 0 Å². The van der Waals surface area contributed by atoms with Crippen molar-refractivity contribution < 1.29 is 39.0 Å². The monoisotopic (exact) mass is 863 g/mol. The summed E-state index contributed by atoms with van der Waals surface area (Å²) in [5, 5.41) is 29.3. The zero-order chi connectivity index (χ0) is 45.6. The van der Waals surface area contributed by atoms with Crippen LogP contribution < -0.4 is 38.9 Å². The summed E-state index contributed by atoms with van der Waals surface area (Å²) in [6.07, 6.45) is 4.41. The maximum Gasteiger partial charge on any atom is 0.226 e. The first kappa shape index (κ1) is 51.7. The average Bonchev–Trinajstić information content (AvgIpc) is 3.68. The lowest BCUT2D eigenvalue weighted by atomic mass is 9.84. The van der Waals surface area contributed by atoms with E-state index in [0.29, 0.717) is 51.6 Å². The summed E-state index contributed by atoms with van der Waals surface area (Å²) in [6, 6.07) is 13.2. The summed E-state index contributed by atoms with van der Waals surface area (Å²) in [5.74, 6) is -4.77. The van der Waals surface area contributed by atoms with Gasteiger partial charge in [0.2, 0.25) is 11.8 Å². The summed E-state index contributed by atoms with van der Waals surface area (Å²) >= 11 is 0. The van der Waals surface area contributed by atoms with E-state index in [9.17, 15) is 39.0 Å². The molecule has 2 amide bonds. The van der Waals surface area contributed by atoms with Crippen LogP contribution in [-0.2, 0) is 41.6 Å². The van der Waals surface area contributed by atoms with Gasteiger partial charge in [0.25, 0.3) is 0 Å². The number of carbonyl (C=O) groups excluding carboxylic acids is 6. The Labute approximate surface area is 365 Å². The number of aliphatic hydroxyl groups excluding tert-OH is 2. The minimum atomic E-state index is -1.20. The van der Waals surface area contributed by atoms with E-state index >= 15 is 0 Å². The third-order valence-electron chi connectivity index (χ3n) is 11.6. The quantitative estimate of drug-likeness (QED) is 0.0422. The molecule has 2 aromatic carbocycles. The zero-order valence-electron chi connectivity index (χ0n) is 36.4. The lowest BCUT2D eigenvalue weighted by Crippen LogP contribution is -2.50. The smallest absolute Gasteiger partial charge is 0.226 e. The third kappa shape index (κ3) is 16.5. The van der Waals surface area contributed by atoms with Crippen molar-refractivity contribution in [3.63, 3.8) is 0 Å².